The minimum atomic E-state index is -2.32. The molecule has 0 aromatic rings. The molecule has 0 bridgehead atoms. The van der Waals surface area contributed by atoms with E-state index in [0.717, 1.165) is 0 Å². The lowest BCUT2D eigenvalue weighted by Crippen LogP contribution is -2.52. The standard InChI is InChI=1S/C7H11F2NO2/c1-2-12-7(11)10-3-5(4-10)6(8)9/h5-6H,2-4H2,1H3. The van der Waals surface area contributed by atoms with E-state index in [0.29, 0.717) is 0 Å². The number of alkyl halides is 2. The van der Waals surface area contributed by atoms with Gasteiger partial charge in [0.1, 0.15) is 0 Å². The molecule has 0 aliphatic carbocycles. The first-order valence-corrected chi connectivity index (χ1v) is 3.85. The van der Waals surface area contributed by atoms with E-state index < -0.39 is 18.4 Å². The number of hydrogen-bond acceptors (Lipinski definition) is 2. The number of ether oxygens (including phenoxy) is 1. The largest absolute Gasteiger partial charge is 0.450 e. The zero-order chi connectivity index (χ0) is 9.14. The van der Waals surface area contributed by atoms with Crippen molar-refractivity contribution in [1.29, 1.82) is 0 Å². The number of rotatable bonds is 2. The van der Waals surface area contributed by atoms with Gasteiger partial charge in [0.2, 0.25) is 6.43 Å². The van der Waals surface area contributed by atoms with Crippen molar-refractivity contribution in [2.45, 2.75) is 13.3 Å². The first-order chi connectivity index (χ1) is 5.65. The molecule has 1 aliphatic heterocycles. The normalized spacial score (nSPS) is 17.8. The van der Waals surface area contributed by atoms with Crippen molar-refractivity contribution in [1.82, 2.24) is 4.90 Å². The van der Waals surface area contributed by atoms with Crippen molar-refractivity contribution in [2.24, 2.45) is 5.92 Å². The molecule has 1 amide bonds. The van der Waals surface area contributed by atoms with Gasteiger partial charge in [-0.25, -0.2) is 13.6 Å². The van der Waals surface area contributed by atoms with Gasteiger partial charge in [-0.05, 0) is 6.92 Å². The number of nitrogens with zero attached hydrogens (tertiary/aromatic N) is 1. The molecule has 3 nitrogen and oxygen atoms in total. The topological polar surface area (TPSA) is 29.5 Å². The van der Waals surface area contributed by atoms with Crippen LogP contribution < -0.4 is 0 Å². The van der Waals surface area contributed by atoms with Gasteiger partial charge >= 0.3 is 6.09 Å². The lowest BCUT2D eigenvalue weighted by molar-refractivity contribution is -0.0216. The van der Waals surface area contributed by atoms with Crippen LogP contribution >= 0.6 is 0 Å². The second kappa shape index (κ2) is 3.69. The summed E-state index contributed by atoms with van der Waals surface area (Å²) in [5, 5.41) is 0. The van der Waals surface area contributed by atoms with E-state index >= 15 is 0 Å². The second-order valence-electron chi connectivity index (χ2n) is 2.70. The highest BCUT2D eigenvalue weighted by Crippen LogP contribution is 2.22. The summed E-state index contributed by atoms with van der Waals surface area (Å²) in [6.07, 6.45) is -2.81. The van der Waals surface area contributed by atoms with Gasteiger partial charge in [0.05, 0.1) is 12.5 Å². The van der Waals surface area contributed by atoms with E-state index in [-0.39, 0.29) is 19.7 Å². The Balaban J connectivity index is 2.20. The van der Waals surface area contributed by atoms with E-state index in [9.17, 15) is 13.6 Å². The minimum Gasteiger partial charge on any atom is -0.450 e. The van der Waals surface area contributed by atoms with Crippen LogP contribution in [0.3, 0.4) is 0 Å². The molecule has 1 rings (SSSR count). The maximum absolute atomic E-state index is 11.9. The monoisotopic (exact) mass is 179 g/mol. The molecule has 0 unspecified atom stereocenters. The van der Waals surface area contributed by atoms with Gasteiger partial charge in [0.15, 0.2) is 0 Å². The highest BCUT2D eigenvalue weighted by molar-refractivity contribution is 5.68. The van der Waals surface area contributed by atoms with Crippen LogP contribution in [0.4, 0.5) is 13.6 Å². The molecular weight excluding hydrogens is 168 g/mol. The fraction of sp³-hybridized carbons (Fsp3) is 0.857. The molecule has 70 valence electrons. The molecule has 1 heterocycles. The molecule has 0 aromatic heterocycles. The second-order valence-corrected chi connectivity index (χ2v) is 2.70. The van der Waals surface area contributed by atoms with Crippen LogP contribution in [-0.4, -0.2) is 37.1 Å². The molecule has 0 saturated carbocycles. The zero-order valence-corrected chi connectivity index (χ0v) is 6.80. The molecular formula is C7H11F2NO2. The number of likely N-dealkylation sites (tertiary alicyclic amines) is 1. The van der Waals surface area contributed by atoms with Crippen molar-refractivity contribution >= 4 is 6.09 Å². The minimum absolute atomic E-state index is 0.122. The van der Waals surface area contributed by atoms with Gasteiger partial charge in [-0.1, -0.05) is 0 Å². The third-order valence-corrected chi connectivity index (χ3v) is 1.79. The maximum atomic E-state index is 11.9. The Bertz CT molecular complexity index is 169. The first kappa shape index (κ1) is 9.22. The Morgan fingerprint density at radius 2 is 2.25 bits per heavy atom. The molecule has 0 aromatic carbocycles. The van der Waals surface area contributed by atoms with Crippen LogP contribution in [0.25, 0.3) is 0 Å². The van der Waals surface area contributed by atoms with Crippen LogP contribution in [-0.2, 0) is 4.74 Å². The lowest BCUT2D eigenvalue weighted by Gasteiger charge is -2.37. The molecule has 12 heavy (non-hydrogen) atoms. The molecule has 5 heteroatoms. The Labute approximate surface area is 69.3 Å². The first-order valence-electron chi connectivity index (χ1n) is 3.85. The van der Waals surface area contributed by atoms with Gasteiger partial charge in [-0.3, -0.25) is 0 Å². The van der Waals surface area contributed by atoms with E-state index in [2.05, 4.69) is 4.74 Å². The van der Waals surface area contributed by atoms with Crippen LogP contribution in [0.15, 0.2) is 0 Å². The molecule has 0 spiro atoms. The van der Waals surface area contributed by atoms with E-state index in [1.807, 2.05) is 0 Å². The zero-order valence-electron chi connectivity index (χ0n) is 6.80. The third-order valence-electron chi connectivity index (χ3n) is 1.79. The van der Waals surface area contributed by atoms with E-state index in [1.165, 1.54) is 4.90 Å². The Hall–Kier alpha value is -0.870. The fourth-order valence-electron chi connectivity index (χ4n) is 1.04. The summed E-state index contributed by atoms with van der Waals surface area (Å²) in [6, 6.07) is 0. The molecule has 1 fully saturated rings. The van der Waals surface area contributed by atoms with Gasteiger partial charge in [0, 0.05) is 13.1 Å². The van der Waals surface area contributed by atoms with Crippen LogP contribution in [0.2, 0.25) is 0 Å². The van der Waals surface area contributed by atoms with Crippen LogP contribution in [0.5, 0.6) is 0 Å². The van der Waals surface area contributed by atoms with Gasteiger partial charge in [-0.15, -0.1) is 0 Å². The number of amides is 1. The van der Waals surface area contributed by atoms with Gasteiger partial charge < -0.3 is 9.64 Å². The van der Waals surface area contributed by atoms with E-state index in [1.54, 1.807) is 6.92 Å². The fourth-order valence-corrected chi connectivity index (χ4v) is 1.04. The van der Waals surface area contributed by atoms with Crippen molar-refractivity contribution in [3.8, 4) is 0 Å². The number of hydrogen-bond donors (Lipinski definition) is 0. The molecule has 1 saturated heterocycles. The van der Waals surface area contributed by atoms with Crippen LogP contribution in [0.1, 0.15) is 6.92 Å². The highest BCUT2D eigenvalue weighted by atomic mass is 19.3. The highest BCUT2D eigenvalue weighted by Gasteiger charge is 2.37. The summed E-state index contributed by atoms with van der Waals surface area (Å²) < 4.78 is 28.5. The maximum Gasteiger partial charge on any atom is 0.409 e. The smallest absolute Gasteiger partial charge is 0.409 e. The summed E-state index contributed by atoms with van der Waals surface area (Å²) in [5.74, 6) is -0.658. The Morgan fingerprint density at radius 1 is 1.67 bits per heavy atom. The molecule has 0 atom stereocenters. The average molecular weight is 179 g/mol. The molecule has 1 aliphatic rings. The SMILES string of the molecule is CCOC(=O)N1CC(C(F)F)C1. The van der Waals surface area contributed by atoms with Crippen molar-refractivity contribution in [2.75, 3.05) is 19.7 Å². The quantitative estimate of drug-likeness (QED) is 0.640. The Kier molecular flexibility index (Phi) is 2.83. The summed E-state index contributed by atoms with van der Waals surface area (Å²) >= 11 is 0. The number of carbonyl (C=O) groups excluding carboxylic acids is 1. The van der Waals surface area contributed by atoms with Crippen molar-refractivity contribution in [3.63, 3.8) is 0 Å². The van der Waals surface area contributed by atoms with Gasteiger partial charge in [0.25, 0.3) is 0 Å². The lowest BCUT2D eigenvalue weighted by atomic mass is 10.0. The van der Waals surface area contributed by atoms with E-state index in [4.69, 9.17) is 0 Å². The summed E-state index contributed by atoms with van der Waals surface area (Å²) in [7, 11) is 0. The Morgan fingerprint density at radius 3 is 2.67 bits per heavy atom. The molecule has 0 radical (unpaired) electrons. The van der Waals surface area contributed by atoms with Crippen molar-refractivity contribution < 1.29 is 18.3 Å². The summed E-state index contributed by atoms with van der Waals surface area (Å²) in [5.41, 5.74) is 0. The van der Waals surface area contributed by atoms with Gasteiger partial charge in [-0.2, -0.15) is 0 Å². The number of carbonyl (C=O) groups is 1. The summed E-state index contributed by atoms with van der Waals surface area (Å²) in [4.78, 5) is 12.1. The predicted octanol–water partition coefficient (Wildman–Crippen LogP) is 1.34. The van der Waals surface area contributed by atoms with Crippen molar-refractivity contribution in [3.05, 3.63) is 0 Å². The summed E-state index contributed by atoms with van der Waals surface area (Å²) in [6.45, 7) is 2.21. The predicted molar refractivity (Wildman–Crippen MR) is 38.1 cm³/mol. The number of halogens is 2. The third kappa shape index (κ3) is 1.84. The van der Waals surface area contributed by atoms with Crippen LogP contribution in [0, 0.1) is 5.92 Å². The average Bonchev–Trinajstić information content (AvgIpc) is 1.82. The molecule has 0 N–H and O–H groups in total.